The van der Waals surface area contributed by atoms with Crippen LogP contribution in [0.3, 0.4) is 0 Å². The first-order valence-corrected chi connectivity index (χ1v) is 7.38. The summed E-state index contributed by atoms with van der Waals surface area (Å²) < 4.78 is 39.0. The molecule has 1 atom stereocenters. The Morgan fingerprint density at radius 1 is 1.30 bits per heavy atom. The molecular weight excluding hydrogens is 400 g/mol. The molecule has 0 aliphatic carbocycles. The fourth-order valence-electron chi connectivity index (χ4n) is 2.13. The van der Waals surface area contributed by atoms with Crippen LogP contribution in [0.4, 0.5) is 13.2 Å². The smallest absolute Gasteiger partial charge is 0.314 e. The number of nitrogens with one attached hydrogen (secondary N) is 1. The molecule has 1 N–H and O–H groups in total. The van der Waals surface area contributed by atoms with Crippen LogP contribution < -0.4 is 5.32 Å². The van der Waals surface area contributed by atoms with Crippen LogP contribution in [0.1, 0.15) is 17.3 Å². The largest absolute Gasteiger partial charge is 0.390 e. The number of nitrogens with zero attached hydrogens (tertiary/aromatic N) is 1. The highest BCUT2D eigenvalue weighted by molar-refractivity contribution is 9.10. The summed E-state index contributed by atoms with van der Waals surface area (Å²) in [7, 11) is 0. The molecule has 20 heavy (non-hydrogen) atoms. The third-order valence-electron chi connectivity index (χ3n) is 2.93. The second-order valence-electron chi connectivity index (χ2n) is 4.29. The first kappa shape index (κ1) is 20.5. The van der Waals surface area contributed by atoms with Crippen molar-refractivity contribution in [2.24, 2.45) is 0 Å². The van der Waals surface area contributed by atoms with Crippen LogP contribution in [0.5, 0.6) is 0 Å². The maximum atomic E-state index is 12.7. The van der Waals surface area contributed by atoms with E-state index in [-0.39, 0.29) is 24.8 Å². The maximum Gasteiger partial charge on any atom is 0.390 e. The summed E-state index contributed by atoms with van der Waals surface area (Å²) in [6.07, 6.45) is -4.91. The monoisotopic (exact) mass is 414 g/mol. The average Bonchev–Trinajstić information content (AvgIpc) is 2.73. The van der Waals surface area contributed by atoms with Gasteiger partial charge >= 0.3 is 6.18 Å². The third-order valence-corrected chi connectivity index (χ3v) is 4.73. The first-order chi connectivity index (χ1) is 8.46. The van der Waals surface area contributed by atoms with Gasteiger partial charge in [-0.1, -0.05) is 0 Å². The Hall–Kier alpha value is 0.470. The van der Waals surface area contributed by atoms with Crippen molar-refractivity contribution < 1.29 is 13.2 Å². The van der Waals surface area contributed by atoms with E-state index in [2.05, 4.69) is 21.2 Å². The number of thiophene rings is 1. The second-order valence-corrected chi connectivity index (χ2v) is 6.15. The molecule has 0 bridgehead atoms. The molecule has 0 amide bonds. The summed E-state index contributed by atoms with van der Waals surface area (Å²) in [5.41, 5.74) is 0. The van der Waals surface area contributed by atoms with Gasteiger partial charge in [-0.25, -0.2) is 0 Å². The molecule has 0 spiro atoms. The normalized spacial score (nSPS) is 18.0. The minimum atomic E-state index is -4.13. The number of hydrogen-bond acceptors (Lipinski definition) is 3. The number of rotatable bonds is 3. The van der Waals surface area contributed by atoms with Crippen LogP contribution in [0.25, 0.3) is 0 Å². The van der Waals surface area contributed by atoms with Gasteiger partial charge in [-0.3, -0.25) is 4.90 Å². The second kappa shape index (κ2) is 8.80. The molecule has 1 aliphatic rings. The molecule has 1 aromatic heterocycles. The van der Waals surface area contributed by atoms with E-state index in [1.807, 2.05) is 10.3 Å². The molecule has 2 rings (SSSR count). The van der Waals surface area contributed by atoms with Gasteiger partial charge in [0.15, 0.2) is 0 Å². The van der Waals surface area contributed by atoms with Crippen LogP contribution in [0, 0.1) is 0 Å². The SMILES string of the molecule is Cl.Cl.FC(F)(F)C[C@H](c1cc(Br)cs1)N1CCNCC1. The topological polar surface area (TPSA) is 15.3 Å². The van der Waals surface area contributed by atoms with Crippen molar-refractivity contribution in [1.29, 1.82) is 0 Å². The van der Waals surface area contributed by atoms with E-state index >= 15 is 0 Å². The molecule has 118 valence electrons. The molecule has 0 unspecified atom stereocenters. The highest BCUT2D eigenvalue weighted by Crippen LogP contribution is 2.37. The zero-order valence-electron chi connectivity index (χ0n) is 10.5. The lowest BCUT2D eigenvalue weighted by molar-refractivity contribution is -0.148. The molecule has 1 aliphatic heterocycles. The fourth-order valence-corrected chi connectivity index (χ4v) is 3.71. The molecule has 2 heterocycles. The Bertz CT molecular complexity index is 397. The van der Waals surface area contributed by atoms with Crippen LogP contribution >= 0.6 is 52.1 Å². The molecule has 1 aromatic rings. The van der Waals surface area contributed by atoms with Crippen molar-refractivity contribution in [2.45, 2.75) is 18.6 Å². The predicted molar refractivity (Wildman–Crippen MR) is 84.4 cm³/mol. The van der Waals surface area contributed by atoms with Gasteiger partial charge < -0.3 is 5.32 Å². The molecule has 2 nitrogen and oxygen atoms in total. The number of hydrogen-bond donors (Lipinski definition) is 1. The van der Waals surface area contributed by atoms with Crippen LogP contribution in [-0.4, -0.2) is 37.3 Å². The third kappa shape index (κ3) is 6.07. The highest BCUT2D eigenvalue weighted by Gasteiger charge is 2.36. The quantitative estimate of drug-likeness (QED) is 0.793. The Balaban J connectivity index is 0.00000180. The molecule has 0 radical (unpaired) electrons. The Kier molecular flexibility index (Phi) is 9.01. The van der Waals surface area contributed by atoms with Gasteiger partial charge in [0, 0.05) is 40.9 Å². The van der Waals surface area contributed by atoms with Crippen molar-refractivity contribution in [3.8, 4) is 0 Å². The van der Waals surface area contributed by atoms with Gasteiger partial charge in [0.05, 0.1) is 12.5 Å². The summed E-state index contributed by atoms with van der Waals surface area (Å²) in [4.78, 5) is 2.70. The van der Waals surface area contributed by atoms with Gasteiger partial charge in [0.2, 0.25) is 0 Å². The maximum absolute atomic E-state index is 12.7. The van der Waals surface area contributed by atoms with Crippen LogP contribution in [-0.2, 0) is 0 Å². The Labute approximate surface area is 141 Å². The van der Waals surface area contributed by atoms with E-state index in [4.69, 9.17) is 0 Å². The van der Waals surface area contributed by atoms with Crippen molar-refractivity contribution >= 4 is 52.1 Å². The van der Waals surface area contributed by atoms with Gasteiger partial charge in [0.25, 0.3) is 0 Å². The summed E-state index contributed by atoms with van der Waals surface area (Å²) in [5, 5.41) is 4.99. The Morgan fingerprint density at radius 3 is 2.35 bits per heavy atom. The van der Waals surface area contributed by atoms with Crippen molar-refractivity contribution in [1.82, 2.24) is 10.2 Å². The summed E-state index contributed by atoms with van der Waals surface area (Å²) >= 11 is 4.69. The molecule has 9 heteroatoms. The van der Waals surface area contributed by atoms with E-state index in [1.165, 1.54) is 11.3 Å². The minimum absolute atomic E-state index is 0. The van der Waals surface area contributed by atoms with Crippen molar-refractivity contribution in [3.05, 3.63) is 20.8 Å². The van der Waals surface area contributed by atoms with Gasteiger partial charge in [-0.15, -0.1) is 36.2 Å². The zero-order chi connectivity index (χ0) is 13.2. The summed E-state index contributed by atoms with van der Waals surface area (Å²) in [5.74, 6) is 0. The van der Waals surface area contributed by atoms with E-state index in [0.717, 1.165) is 22.4 Å². The zero-order valence-corrected chi connectivity index (χ0v) is 14.5. The fraction of sp³-hybridized carbons (Fsp3) is 0.636. The van der Waals surface area contributed by atoms with E-state index in [9.17, 15) is 13.2 Å². The van der Waals surface area contributed by atoms with Crippen molar-refractivity contribution in [3.63, 3.8) is 0 Å². The number of halogens is 6. The lowest BCUT2D eigenvalue weighted by atomic mass is 10.1. The standard InChI is InChI=1S/C11H14BrF3N2S.2ClH/c12-8-5-10(18-7-8)9(6-11(13,14)15)17-3-1-16-2-4-17;;/h5,7,9,16H,1-4,6H2;2*1H/t9-;;/m1../s1. The van der Waals surface area contributed by atoms with Gasteiger partial charge in [-0.2, -0.15) is 13.2 Å². The van der Waals surface area contributed by atoms with Gasteiger partial charge in [-0.05, 0) is 22.0 Å². The molecule has 0 saturated carbocycles. The van der Waals surface area contributed by atoms with Crippen molar-refractivity contribution in [2.75, 3.05) is 26.2 Å². The lowest BCUT2D eigenvalue weighted by Crippen LogP contribution is -2.45. The first-order valence-electron chi connectivity index (χ1n) is 5.71. The molecule has 0 aromatic carbocycles. The van der Waals surface area contributed by atoms with E-state index in [1.54, 1.807) is 6.07 Å². The number of piperazine rings is 1. The summed E-state index contributed by atoms with van der Waals surface area (Å²) in [6.45, 7) is 2.83. The minimum Gasteiger partial charge on any atom is -0.314 e. The van der Waals surface area contributed by atoms with E-state index < -0.39 is 18.6 Å². The summed E-state index contributed by atoms with van der Waals surface area (Å²) in [6, 6.07) is 1.24. The van der Waals surface area contributed by atoms with Gasteiger partial charge in [0.1, 0.15) is 0 Å². The van der Waals surface area contributed by atoms with Crippen LogP contribution in [0.15, 0.2) is 15.9 Å². The Morgan fingerprint density at radius 2 is 1.90 bits per heavy atom. The highest BCUT2D eigenvalue weighted by atomic mass is 79.9. The molecule has 1 saturated heterocycles. The molecular formula is C11H16BrCl2F3N2S. The number of alkyl halides is 3. The van der Waals surface area contributed by atoms with Crippen LogP contribution in [0.2, 0.25) is 0 Å². The predicted octanol–water partition coefficient (Wildman–Crippen LogP) is 4.25. The lowest BCUT2D eigenvalue weighted by Gasteiger charge is -2.34. The van der Waals surface area contributed by atoms with E-state index in [0.29, 0.717) is 13.1 Å². The average molecular weight is 416 g/mol. The molecule has 1 fully saturated rings.